The van der Waals surface area contributed by atoms with E-state index in [2.05, 4.69) is 81.5 Å². The van der Waals surface area contributed by atoms with Crippen LogP contribution in [0.4, 0.5) is 0 Å². The molecule has 77 heavy (non-hydrogen) atoms. The van der Waals surface area contributed by atoms with Gasteiger partial charge < -0.3 is 39.0 Å². The summed E-state index contributed by atoms with van der Waals surface area (Å²) < 4.78 is 28.5. The van der Waals surface area contributed by atoms with Crippen molar-refractivity contribution in [3.05, 3.63) is 60.8 Å². The van der Waals surface area contributed by atoms with Gasteiger partial charge in [-0.1, -0.05) is 216 Å². The molecule has 3 N–H and O–H groups in total. The molecule has 0 aromatic heterocycles. The number of carboxylic acid groups (broad SMARTS) is 1. The van der Waals surface area contributed by atoms with Crippen LogP contribution in [0.2, 0.25) is 0 Å². The Kier molecular flexibility index (Phi) is 49.2. The molecule has 1 aliphatic rings. The number of carbonyl (C=O) groups excluding carboxylic acids is 3. The molecule has 0 saturated carbocycles. The number of aliphatic hydroxyl groups excluding tert-OH is 2. The maximum atomic E-state index is 13.1. The second-order valence-electron chi connectivity index (χ2n) is 21.3. The molecule has 0 amide bonds. The summed E-state index contributed by atoms with van der Waals surface area (Å²) in [7, 11) is 0. The lowest BCUT2D eigenvalue weighted by molar-refractivity contribution is -0.301. The van der Waals surface area contributed by atoms with Gasteiger partial charge in [-0.3, -0.25) is 14.4 Å². The quantitative estimate of drug-likeness (QED) is 0.0228. The molecule has 6 unspecified atom stereocenters. The molecular formula is C65H112O12. The minimum absolute atomic E-state index is 0.0559. The Morgan fingerprint density at radius 3 is 1.27 bits per heavy atom. The van der Waals surface area contributed by atoms with E-state index in [1.165, 1.54) is 96.3 Å². The van der Waals surface area contributed by atoms with Crippen LogP contribution >= 0.6 is 0 Å². The Labute approximate surface area is 468 Å². The van der Waals surface area contributed by atoms with Gasteiger partial charge in [-0.2, -0.15) is 0 Å². The lowest BCUT2D eigenvalue weighted by Gasteiger charge is -2.40. The number of allylic oxidation sites excluding steroid dienone is 10. The van der Waals surface area contributed by atoms with Gasteiger partial charge in [0.15, 0.2) is 24.6 Å². The van der Waals surface area contributed by atoms with E-state index in [4.69, 9.17) is 23.7 Å². The molecule has 0 aromatic rings. The normalized spacial score (nSPS) is 18.4. The van der Waals surface area contributed by atoms with E-state index in [9.17, 15) is 34.5 Å². The molecule has 0 spiro atoms. The summed E-state index contributed by atoms with van der Waals surface area (Å²) >= 11 is 0. The molecule has 12 heteroatoms. The summed E-state index contributed by atoms with van der Waals surface area (Å²) in [6.07, 6.45) is 53.3. The summed E-state index contributed by atoms with van der Waals surface area (Å²) in [5.41, 5.74) is 0. The van der Waals surface area contributed by atoms with Gasteiger partial charge in [-0.15, -0.1) is 0 Å². The van der Waals surface area contributed by atoms with E-state index in [1.807, 2.05) is 0 Å². The summed E-state index contributed by atoms with van der Waals surface area (Å²) in [6.45, 7) is 5.86. The highest BCUT2D eigenvalue weighted by molar-refractivity contribution is 5.74. The molecule has 6 atom stereocenters. The van der Waals surface area contributed by atoms with E-state index < -0.39 is 67.3 Å². The molecule has 444 valence electrons. The maximum Gasteiger partial charge on any atom is 0.335 e. The Hall–Kier alpha value is -3.58. The van der Waals surface area contributed by atoms with E-state index in [0.29, 0.717) is 19.3 Å². The van der Waals surface area contributed by atoms with Gasteiger partial charge in [0.2, 0.25) is 0 Å². The van der Waals surface area contributed by atoms with Gasteiger partial charge in [0.25, 0.3) is 0 Å². The van der Waals surface area contributed by atoms with Gasteiger partial charge in [-0.25, -0.2) is 4.79 Å². The van der Waals surface area contributed by atoms with E-state index in [-0.39, 0.29) is 25.9 Å². The largest absolute Gasteiger partial charge is 0.479 e. The molecule has 1 rings (SSSR count). The van der Waals surface area contributed by atoms with Gasteiger partial charge in [0.05, 0.1) is 6.61 Å². The van der Waals surface area contributed by atoms with Crippen molar-refractivity contribution in [2.24, 2.45) is 0 Å². The molecule has 0 aromatic carbocycles. The van der Waals surface area contributed by atoms with Crippen LogP contribution in [0.1, 0.15) is 278 Å². The van der Waals surface area contributed by atoms with Crippen LogP contribution in [0.3, 0.4) is 0 Å². The number of unbranched alkanes of at least 4 members (excludes halogenated alkanes) is 29. The molecule has 1 saturated heterocycles. The molecule has 0 aliphatic carbocycles. The molecule has 1 fully saturated rings. The first-order valence-electron chi connectivity index (χ1n) is 31.3. The van der Waals surface area contributed by atoms with E-state index in [1.54, 1.807) is 0 Å². The highest BCUT2D eigenvalue weighted by Gasteiger charge is 2.50. The van der Waals surface area contributed by atoms with Crippen LogP contribution in [0.15, 0.2) is 60.8 Å². The van der Waals surface area contributed by atoms with Crippen LogP contribution in [-0.4, -0.2) is 89.2 Å². The van der Waals surface area contributed by atoms with Crippen molar-refractivity contribution >= 4 is 23.9 Å². The van der Waals surface area contributed by atoms with E-state index in [0.717, 1.165) is 122 Å². The van der Waals surface area contributed by atoms with Crippen molar-refractivity contribution in [1.82, 2.24) is 0 Å². The number of esters is 3. The summed E-state index contributed by atoms with van der Waals surface area (Å²) in [6, 6.07) is 0. The van der Waals surface area contributed by atoms with Crippen molar-refractivity contribution in [2.45, 2.75) is 314 Å². The average Bonchev–Trinajstić information content (AvgIpc) is 3.42. The molecule has 0 radical (unpaired) electrons. The summed E-state index contributed by atoms with van der Waals surface area (Å²) in [4.78, 5) is 51.2. The second-order valence-corrected chi connectivity index (χ2v) is 21.3. The van der Waals surface area contributed by atoms with Crippen LogP contribution in [0, 0.1) is 0 Å². The van der Waals surface area contributed by atoms with Crippen molar-refractivity contribution in [2.75, 3.05) is 13.2 Å². The first kappa shape index (κ1) is 71.4. The molecule has 12 nitrogen and oxygen atoms in total. The minimum atomic E-state index is -1.91. The first-order chi connectivity index (χ1) is 37.6. The van der Waals surface area contributed by atoms with Gasteiger partial charge in [-0.05, 0) is 103 Å². The third-order valence-corrected chi connectivity index (χ3v) is 14.0. The Morgan fingerprint density at radius 1 is 0.442 bits per heavy atom. The summed E-state index contributed by atoms with van der Waals surface area (Å²) in [5, 5.41) is 31.5. The van der Waals surface area contributed by atoms with Gasteiger partial charge in [0.1, 0.15) is 18.8 Å². The molecule has 0 bridgehead atoms. The highest BCUT2D eigenvalue weighted by atomic mass is 16.7. The Bertz CT molecular complexity index is 1570. The zero-order valence-corrected chi connectivity index (χ0v) is 49.0. The second kappa shape index (κ2) is 53.1. The Balaban J connectivity index is 2.66. The third-order valence-electron chi connectivity index (χ3n) is 14.0. The first-order valence-corrected chi connectivity index (χ1v) is 31.3. The monoisotopic (exact) mass is 1080 g/mol. The number of carboxylic acids is 1. The zero-order valence-electron chi connectivity index (χ0n) is 49.0. The topological polar surface area (TPSA) is 175 Å². The zero-order chi connectivity index (χ0) is 56.1. The van der Waals surface area contributed by atoms with Crippen molar-refractivity contribution < 1.29 is 58.2 Å². The van der Waals surface area contributed by atoms with Crippen LogP contribution in [0.5, 0.6) is 0 Å². The molecule has 1 heterocycles. The fourth-order valence-corrected chi connectivity index (χ4v) is 9.25. The number of carbonyl (C=O) groups is 4. The predicted octanol–water partition coefficient (Wildman–Crippen LogP) is 16.3. The highest BCUT2D eigenvalue weighted by Crippen LogP contribution is 2.26. The number of aliphatic carboxylic acids is 1. The fourth-order valence-electron chi connectivity index (χ4n) is 9.25. The number of aliphatic hydroxyl groups is 2. The summed E-state index contributed by atoms with van der Waals surface area (Å²) in [5.74, 6) is -3.14. The van der Waals surface area contributed by atoms with E-state index >= 15 is 0 Å². The number of ether oxygens (including phenoxy) is 5. The third kappa shape index (κ3) is 43.0. The predicted molar refractivity (Wildman–Crippen MR) is 312 cm³/mol. The lowest BCUT2D eigenvalue weighted by atomic mass is 9.98. The average molecular weight is 1090 g/mol. The minimum Gasteiger partial charge on any atom is -0.479 e. The smallest absolute Gasteiger partial charge is 0.335 e. The fraction of sp³-hybridized carbons (Fsp3) is 0.785. The van der Waals surface area contributed by atoms with Gasteiger partial charge >= 0.3 is 23.9 Å². The lowest BCUT2D eigenvalue weighted by Crippen LogP contribution is -2.61. The number of hydrogen-bond acceptors (Lipinski definition) is 11. The van der Waals surface area contributed by atoms with Crippen LogP contribution in [-0.2, 0) is 42.9 Å². The standard InChI is InChI=1S/C65H112O12/c1-4-7-10-13-16-19-22-25-27-28-29-30-32-35-38-41-44-47-50-53-59(68)76-63-61(70)60(69)62(64(71)72)77-65(63)74-55-56(75-58(67)52-49-46-43-40-37-33-24-21-18-15-12-9-6-3)54-73-57(66)51-48-45-42-39-36-34-31-26-23-20-17-14-11-8-5-2/h8,11,17,20-21,24-27,31,56,60-63,65,69-70H,4-7,9-10,12-16,18-19,22-23,28-30,32-55H2,1-3H3,(H,71,72)/b11-8-,20-17-,24-21-,27-25-,31-26-. The van der Waals surface area contributed by atoms with Crippen LogP contribution < -0.4 is 0 Å². The van der Waals surface area contributed by atoms with Crippen molar-refractivity contribution in [1.29, 1.82) is 0 Å². The number of rotatable bonds is 53. The van der Waals surface area contributed by atoms with Crippen molar-refractivity contribution in [3.63, 3.8) is 0 Å². The van der Waals surface area contributed by atoms with Gasteiger partial charge in [0, 0.05) is 19.3 Å². The van der Waals surface area contributed by atoms with Crippen molar-refractivity contribution in [3.8, 4) is 0 Å². The van der Waals surface area contributed by atoms with Crippen LogP contribution in [0.25, 0.3) is 0 Å². The molecule has 1 aliphatic heterocycles. The SMILES string of the molecule is CC/C=C\C/C=C\C/C=C\CCCCCCCC(=O)OCC(COC1OC(C(=O)O)C(O)C(O)C1OC(=O)CCCCCCCCCCC/C=C\CCCCCCCC)OC(=O)CCCCCCC/C=C\CCCCCC. The Morgan fingerprint density at radius 2 is 0.818 bits per heavy atom. The molecular weight excluding hydrogens is 973 g/mol. The number of hydrogen-bond donors (Lipinski definition) is 3. The maximum absolute atomic E-state index is 13.1.